The van der Waals surface area contributed by atoms with E-state index in [4.69, 9.17) is 14.0 Å². The highest BCUT2D eigenvalue weighted by Gasteiger charge is 2.38. The van der Waals surface area contributed by atoms with Crippen molar-refractivity contribution in [3.63, 3.8) is 0 Å². The molecule has 3 aromatic rings. The lowest BCUT2D eigenvalue weighted by Crippen LogP contribution is -2.51. The lowest BCUT2D eigenvalue weighted by atomic mass is 9.74. The first kappa shape index (κ1) is 25.2. The standard InChI is InChI=1S/C30H36BNO3/c1-23-22-30(2,3)35-31(34-23)27-15-11-25(12-16-27)29(21-24-9-7-6-8-10-24)26-13-17-28(18-14-26)33-20-19-32(4)5/h6-18,21,23H,19-20,22H2,1-5H3/b29-21-. The molecule has 1 atom stereocenters. The Hall–Kier alpha value is -2.86. The van der Waals surface area contributed by atoms with Crippen LogP contribution in [0.15, 0.2) is 78.9 Å². The molecule has 0 N–H and O–H groups in total. The van der Waals surface area contributed by atoms with Gasteiger partial charge in [0.2, 0.25) is 0 Å². The van der Waals surface area contributed by atoms with E-state index < -0.39 is 0 Å². The van der Waals surface area contributed by atoms with Crippen molar-refractivity contribution in [2.75, 3.05) is 27.2 Å². The molecule has 3 aromatic carbocycles. The zero-order chi connectivity index (χ0) is 24.8. The van der Waals surface area contributed by atoms with E-state index in [1.54, 1.807) is 0 Å². The first-order valence-corrected chi connectivity index (χ1v) is 12.4. The van der Waals surface area contributed by atoms with E-state index >= 15 is 0 Å². The van der Waals surface area contributed by atoms with Crippen molar-refractivity contribution < 1.29 is 14.0 Å². The third-order valence-corrected chi connectivity index (χ3v) is 6.14. The summed E-state index contributed by atoms with van der Waals surface area (Å²) in [6.45, 7) is 7.92. The van der Waals surface area contributed by atoms with Crippen LogP contribution in [0.5, 0.6) is 5.75 Å². The van der Waals surface area contributed by atoms with Gasteiger partial charge in [0.15, 0.2) is 0 Å². The molecule has 1 saturated heterocycles. The molecule has 1 aliphatic heterocycles. The van der Waals surface area contributed by atoms with Crippen molar-refractivity contribution in [1.29, 1.82) is 0 Å². The van der Waals surface area contributed by atoms with Crippen molar-refractivity contribution in [2.24, 2.45) is 0 Å². The van der Waals surface area contributed by atoms with Gasteiger partial charge in [-0.25, -0.2) is 0 Å². The Morgan fingerprint density at radius 2 is 1.60 bits per heavy atom. The first-order chi connectivity index (χ1) is 16.8. The highest BCUT2D eigenvalue weighted by molar-refractivity contribution is 6.61. The minimum Gasteiger partial charge on any atom is -0.492 e. The Morgan fingerprint density at radius 3 is 2.20 bits per heavy atom. The summed E-state index contributed by atoms with van der Waals surface area (Å²) < 4.78 is 18.2. The van der Waals surface area contributed by atoms with E-state index in [0.29, 0.717) is 6.61 Å². The van der Waals surface area contributed by atoms with Crippen LogP contribution in [0.4, 0.5) is 0 Å². The molecule has 0 radical (unpaired) electrons. The van der Waals surface area contributed by atoms with Crippen LogP contribution in [0.1, 0.15) is 43.9 Å². The molecule has 5 heteroatoms. The van der Waals surface area contributed by atoms with Crippen LogP contribution in [-0.2, 0) is 9.31 Å². The molecule has 182 valence electrons. The smallest absolute Gasteiger partial charge is 0.492 e. The maximum Gasteiger partial charge on any atom is 0.494 e. The van der Waals surface area contributed by atoms with Crippen LogP contribution < -0.4 is 10.2 Å². The zero-order valence-electron chi connectivity index (χ0n) is 21.5. The number of likely N-dealkylation sites (N-methyl/N-ethyl adjacent to an activating group) is 1. The van der Waals surface area contributed by atoms with Gasteiger partial charge in [-0.05, 0) is 87.2 Å². The summed E-state index contributed by atoms with van der Waals surface area (Å²) in [6.07, 6.45) is 3.28. The van der Waals surface area contributed by atoms with Gasteiger partial charge in [0.05, 0.1) is 5.60 Å². The highest BCUT2D eigenvalue weighted by Crippen LogP contribution is 2.29. The molecule has 0 spiro atoms. The predicted molar refractivity (Wildman–Crippen MR) is 146 cm³/mol. The number of hydrogen-bond donors (Lipinski definition) is 0. The van der Waals surface area contributed by atoms with Crippen LogP contribution in [-0.4, -0.2) is 51.0 Å². The van der Waals surface area contributed by atoms with Crippen molar-refractivity contribution in [2.45, 2.75) is 38.9 Å². The molecule has 0 amide bonds. The van der Waals surface area contributed by atoms with Crippen molar-refractivity contribution in [3.05, 3.63) is 95.6 Å². The van der Waals surface area contributed by atoms with Gasteiger partial charge in [-0.15, -0.1) is 0 Å². The zero-order valence-corrected chi connectivity index (χ0v) is 21.5. The molecule has 4 nitrogen and oxygen atoms in total. The Balaban J connectivity index is 1.60. The second-order valence-electron chi connectivity index (χ2n) is 10.1. The topological polar surface area (TPSA) is 30.9 Å². The highest BCUT2D eigenvalue weighted by atomic mass is 16.6. The minimum atomic E-state index is -0.344. The van der Waals surface area contributed by atoms with Gasteiger partial charge in [-0.1, -0.05) is 66.7 Å². The molecule has 1 fully saturated rings. The van der Waals surface area contributed by atoms with Gasteiger partial charge < -0.3 is 18.9 Å². The maximum absolute atomic E-state index is 6.22. The number of hydrogen-bond acceptors (Lipinski definition) is 4. The summed E-state index contributed by atoms with van der Waals surface area (Å²) in [5, 5.41) is 0. The Kier molecular flexibility index (Phi) is 8.12. The van der Waals surface area contributed by atoms with Gasteiger partial charge in [0.1, 0.15) is 12.4 Å². The van der Waals surface area contributed by atoms with Crippen LogP contribution in [0.25, 0.3) is 11.6 Å². The average molecular weight is 469 g/mol. The van der Waals surface area contributed by atoms with Crippen LogP contribution >= 0.6 is 0 Å². The molecule has 1 aliphatic rings. The van der Waals surface area contributed by atoms with Gasteiger partial charge in [-0.3, -0.25) is 0 Å². The van der Waals surface area contributed by atoms with Crippen LogP contribution in [0.2, 0.25) is 0 Å². The summed E-state index contributed by atoms with van der Waals surface area (Å²) in [7, 11) is 3.75. The van der Waals surface area contributed by atoms with E-state index in [1.165, 1.54) is 0 Å². The Labute approximate surface area is 210 Å². The van der Waals surface area contributed by atoms with Gasteiger partial charge in [0, 0.05) is 12.6 Å². The quantitative estimate of drug-likeness (QED) is 0.321. The lowest BCUT2D eigenvalue weighted by Gasteiger charge is -2.38. The lowest BCUT2D eigenvalue weighted by molar-refractivity contribution is -0.0229. The van der Waals surface area contributed by atoms with E-state index in [9.17, 15) is 0 Å². The SMILES string of the molecule is CC1CC(C)(C)OB(c2ccc(/C(=C/c3ccccc3)c3ccc(OCCN(C)C)cc3)cc2)O1. The number of ether oxygens (including phenoxy) is 1. The molecule has 0 aromatic heterocycles. The third-order valence-electron chi connectivity index (χ3n) is 6.14. The number of nitrogens with zero attached hydrogens (tertiary/aromatic N) is 1. The summed E-state index contributed by atoms with van der Waals surface area (Å²) in [5.41, 5.74) is 5.44. The number of benzene rings is 3. The molecule has 1 unspecified atom stereocenters. The number of rotatable bonds is 8. The van der Waals surface area contributed by atoms with E-state index in [1.807, 2.05) is 32.3 Å². The predicted octanol–water partition coefficient (Wildman–Crippen LogP) is 5.52. The fraction of sp³-hybridized carbons (Fsp3) is 0.333. The average Bonchev–Trinajstić information content (AvgIpc) is 2.82. The van der Waals surface area contributed by atoms with Gasteiger partial charge >= 0.3 is 7.12 Å². The fourth-order valence-electron chi connectivity index (χ4n) is 4.41. The summed E-state index contributed by atoms with van der Waals surface area (Å²) in [4.78, 5) is 2.11. The van der Waals surface area contributed by atoms with E-state index in [-0.39, 0.29) is 18.8 Å². The maximum atomic E-state index is 6.22. The molecule has 0 saturated carbocycles. The van der Waals surface area contributed by atoms with E-state index in [2.05, 4.69) is 92.4 Å². The molecular formula is C30H36BNO3. The molecule has 1 heterocycles. The normalized spacial score (nSPS) is 18.1. The van der Waals surface area contributed by atoms with Crippen LogP contribution in [0.3, 0.4) is 0 Å². The molecule has 4 rings (SSSR count). The monoisotopic (exact) mass is 469 g/mol. The van der Waals surface area contributed by atoms with Gasteiger partial charge in [0.25, 0.3) is 0 Å². The minimum absolute atomic E-state index is 0.162. The third kappa shape index (κ3) is 7.08. The van der Waals surface area contributed by atoms with Gasteiger partial charge in [-0.2, -0.15) is 0 Å². The Morgan fingerprint density at radius 1 is 0.971 bits per heavy atom. The molecule has 0 aliphatic carbocycles. The van der Waals surface area contributed by atoms with Crippen molar-refractivity contribution >= 4 is 24.2 Å². The summed E-state index contributed by atoms with van der Waals surface area (Å²) in [5.74, 6) is 0.883. The Bertz CT molecular complexity index is 1110. The van der Waals surface area contributed by atoms with Crippen molar-refractivity contribution in [3.8, 4) is 5.75 Å². The largest absolute Gasteiger partial charge is 0.494 e. The molecule has 35 heavy (non-hydrogen) atoms. The first-order valence-electron chi connectivity index (χ1n) is 12.4. The van der Waals surface area contributed by atoms with E-state index in [0.717, 1.165) is 46.4 Å². The van der Waals surface area contributed by atoms with Crippen LogP contribution in [0, 0.1) is 0 Å². The molecule has 0 bridgehead atoms. The molecular weight excluding hydrogens is 433 g/mol. The fourth-order valence-corrected chi connectivity index (χ4v) is 4.41. The summed E-state index contributed by atoms with van der Waals surface area (Å²) >= 11 is 0. The van der Waals surface area contributed by atoms with Crippen molar-refractivity contribution in [1.82, 2.24) is 4.90 Å². The second-order valence-corrected chi connectivity index (χ2v) is 10.1. The second kappa shape index (κ2) is 11.3. The summed E-state index contributed by atoms with van der Waals surface area (Å²) in [6, 6.07) is 27.3.